The molecule has 1 atom stereocenters. The smallest absolute Gasteiger partial charge is 0.194 e. The predicted octanol–water partition coefficient (Wildman–Crippen LogP) is 3.69. The molecule has 30 heavy (non-hydrogen) atoms. The molecule has 0 aliphatic heterocycles. The number of guanidine groups is 1. The maximum absolute atomic E-state index is 5.36. The Morgan fingerprint density at radius 2 is 2.10 bits per heavy atom. The van der Waals surface area contributed by atoms with Gasteiger partial charge in [-0.25, -0.2) is 9.98 Å². The first-order valence-electron chi connectivity index (χ1n) is 10.1. The fourth-order valence-electron chi connectivity index (χ4n) is 2.98. The SMILES string of the molecule is CCNC(=NCc1cnn(Cc2ccccc2)c1)N(C)Cc1csc(C(C)OC)n1. The molecule has 0 saturated heterocycles. The predicted molar refractivity (Wildman–Crippen MR) is 122 cm³/mol. The molecule has 3 aromatic rings. The molecule has 160 valence electrons. The Morgan fingerprint density at radius 3 is 2.83 bits per heavy atom. The van der Waals surface area contributed by atoms with Gasteiger partial charge in [-0.1, -0.05) is 30.3 Å². The normalized spacial score (nSPS) is 12.7. The van der Waals surface area contributed by atoms with Crippen LogP contribution in [-0.2, 0) is 24.4 Å². The molecule has 0 radical (unpaired) electrons. The van der Waals surface area contributed by atoms with E-state index >= 15 is 0 Å². The largest absolute Gasteiger partial charge is 0.375 e. The fraction of sp³-hybridized carbons (Fsp3) is 0.409. The van der Waals surface area contributed by atoms with E-state index in [0.717, 1.165) is 35.3 Å². The van der Waals surface area contributed by atoms with E-state index < -0.39 is 0 Å². The molecule has 0 spiro atoms. The first-order valence-corrected chi connectivity index (χ1v) is 11.0. The third-order valence-electron chi connectivity index (χ3n) is 4.65. The minimum Gasteiger partial charge on any atom is -0.375 e. The van der Waals surface area contributed by atoms with Gasteiger partial charge in [-0.05, 0) is 19.4 Å². The van der Waals surface area contributed by atoms with Crippen molar-refractivity contribution in [3.8, 4) is 0 Å². The lowest BCUT2D eigenvalue weighted by atomic mass is 10.2. The molecular weight excluding hydrogens is 396 g/mol. The second-order valence-electron chi connectivity index (χ2n) is 7.11. The lowest BCUT2D eigenvalue weighted by molar-refractivity contribution is 0.119. The fourth-order valence-corrected chi connectivity index (χ4v) is 3.82. The zero-order valence-corrected chi connectivity index (χ0v) is 18.9. The van der Waals surface area contributed by atoms with Crippen LogP contribution in [0.1, 0.15) is 41.8 Å². The van der Waals surface area contributed by atoms with Crippen molar-refractivity contribution >= 4 is 17.3 Å². The molecule has 0 bridgehead atoms. The summed E-state index contributed by atoms with van der Waals surface area (Å²) in [6.07, 6.45) is 3.96. The van der Waals surface area contributed by atoms with Crippen LogP contribution in [0.15, 0.2) is 53.1 Å². The number of rotatable bonds is 9. The summed E-state index contributed by atoms with van der Waals surface area (Å²) in [4.78, 5) is 11.6. The second kappa shape index (κ2) is 10.9. The number of hydrogen-bond donors (Lipinski definition) is 1. The summed E-state index contributed by atoms with van der Waals surface area (Å²) in [5.74, 6) is 0.850. The van der Waals surface area contributed by atoms with Crippen LogP contribution in [0.25, 0.3) is 0 Å². The van der Waals surface area contributed by atoms with Crippen LogP contribution < -0.4 is 5.32 Å². The van der Waals surface area contributed by atoms with Gasteiger partial charge in [0.2, 0.25) is 0 Å². The van der Waals surface area contributed by atoms with Crippen LogP contribution in [0.2, 0.25) is 0 Å². The Morgan fingerprint density at radius 1 is 1.30 bits per heavy atom. The van der Waals surface area contributed by atoms with E-state index in [1.165, 1.54) is 5.56 Å². The van der Waals surface area contributed by atoms with Crippen LogP contribution in [0.3, 0.4) is 0 Å². The molecule has 2 heterocycles. The standard InChI is InChI=1S/C22H30N6OS/c1-5-23-22(27(3)15-20-16-30-21(26-20)17(2)29-4)24-11-19-12-25-28(14-19)13-18-9-7-6-8-10-18/h6-10,12,14,16-17H,5,11,13,15H2,1-4H3,(H,23,24). The average Bonchev–Trinajstić information content (AvgIpc) is 3.41. The van der Waals surface area contributed by atoms with E-state index in [-0.39, 0.29) is 6.10 Å². The lowest BCUT2D eigenvalue weighted by Crippen LogP contribution is -2.38. The van der Waals surface area contributed by atoms with E-state index in [2.05, 4.69) is 50.9 Å². The molecule has 7 nitrogen and oxygen atoms in total. The van der Waals surface area contributed by atoms with Gasteiger partial charge in [-0.15, -0.1) is 11.3 Å². The molecule has 1 N–H and O–H groups in total. The molecule has 1 aromatic carbocycles. The second-order valence-corrected chi connectivity index (χ2v) is 8.00. The van der Waals surface area contributed by atoms with Gasteiger partial charge in [-0.2, -0.15) is 5.10 Å². The zero-order valence-electron chi connectivity index (χ0n) is 18.1. The van der Waals surface area contributed by atoms with Gasteiger partial charge in [0.15, 0.2) is 5.96 Å². The van der Waals surface area contributed by atoms with E-state index in [1.807, 2.05) is 43.0 Å². The maximum atomic E-state index is 5.36. The summed E-state index contributed by atoms with van der Waals surface area (Å²) < 4.78 is 7.31. The Balaban J connectivity index is 1.61. The topological polar surface area (TPSA) is 67.6 Å². The number of ether oxygens (including phenoxy) is 1. The van der Waals surface area contributed by atoms with Crippen molar-refractivity contribution in [2.24, 2.45) is 4.99 Å². The molecule has 0 aliphatic carbocycles. The molecule has 0 fully saturated rings. The number of benzene rings is 1. The summed E-state index contributed by atoms with van der Waals surface area (Å²) in [5.41, 5.74) is 3.33. The minimum atomic E-state index is 0.0170. The third kappa shape index (κ3) is 6.14. The number of aliphatic imine (C=N–C) groups is 1. The number of nitrogens with zero attached hydrogens (tertiary/aromatic N) is 5. The summed E-state index contributed by atoms with van der Waals surface area (Å²) in [7, 11) is 3.73. The monoisotopic (exact) mass is 426 g/mol. The summed E-state index contributed by atoms with van der Waals surface area (Å²) in [6.45, 7) is 6.91. The van der Waals surface area contributed by atoms with Gasteiger partial charge in [0.1, 0.15) is 11.1 Å². The molecule has 0 amide bonds. The van der Waals surface area contributed by atoms with E-state index in [0.29, 0.717) is 13.1 Å². The van der Waals surface area contributed by atoms with Crippen LogP contribution in [0.4, 0.5) is 0 Å². The van der Waals surface area contributed by atoms with Crippen molar-refractivity contribution in [1.29, 1.82) is 0 Å². The maximum Gasteiger partial charge on any atom is 0.194 e. The van der Waals surface area contributed by atoms with Crippen molar-refractivity contribution < 1.29 is 4.74 Å². The zero-order chi connectivity index (χ0) is 21.3. The highest BCUT2D eigenvalue weighted by Crippen LogP contribution is 2.21. The van der Waals surface area contributed by atoms with Crippen LogP contribution >= 0.6 is 11.3 Å². The van der Waals surface area contributed by atoms with Gasteiger partial charge in [-0.3, -0.25) is 4.68 Å². The van der Waals surface area contributed by atoms with Crippen molar-refractivity contribution in [2.75, 3.05) is 20.7 Å². The number of thiazole rings is 1. The van der Waals surface area contributed by atoms with Gasteiger partial charge >= 0.3 is 0 Å². The number of nitrogens with one attached hydrogen (secondary N) is 1. The third-order valence-corrected chi connectivity index (χ3v) is 5.71. The Labute approximate surface area is 182 Å². The minimum absolute atomic E-state index is 0.0170. The van der Waals surface area contributed by atoms with E-state index in [4.69, 9.17) is 9.73 Å². The highest BCUT2D eigenvalue weighted by Gasteiger charge is 2.13. The van der Waals surface area contributed by atoms with Crippen molar-refractivity contribution in [3.63, 3.8) is 0 Å². The summed E-state index contributed by atoms with van der Waals surface area (Å²) in [6, 6.07) is 10.3. The number of hydrogen-bond acceptors (Lipinski definition) is 5. The van der Waals surface area contributed by atoms with E-state index in [9.17, 15) is 0 Å². The molecular formula is C22H30N6OS. The Hall–Kier alpha value is -2.71. The van der Waals surface area contributed by atoms with Crippen molar-refractivity contribution in [3.05, 3.63) is 69.9 Å². The highest BCUT2D eigenvalue weighted by molar-refractivity contribution is 7.09. The number of methoxy groups -OCH3 is 1. The quantitative estimate of drug-likeness (QED) is 0.417. The lowest BCUT2D eigenvalue weighted by Gasteiger charge is -2.21. The molecule has 1 unspecified atom stereocenters. The summed E-state index contributed by atoms with van der Waals surface area (Å²) >= 11 is 1.63. The van der Waals surface area contributed by atoms with Crippen molar-refractivity contribution in [1.82, 2.24) is 25.0 Å². The van der Waals surface area contributed by atoms with Gasteiger partial charge in [0.05, 0.1) is 31.5 Å². The molecule has 3 rings (SSSR count). The molecule has 0 saturated carbocycles. The van der Waals surface area contributed by atoms with Gasteiger partial charge in [0, 0.05) is 37.8 Å². The van der Waals surface area contributed by atoms with Crippen LogP contribution in [0.5, 0.6) is 0 Å². The Bertz CT molecular complexity index is 936. The van der Waals surface area contributed by atoms with Crippen LogP contribution in [0, 0.1) is 0 Å². The molecule has 2 aromatic heterocycles. The summed E-state index contributed by atoms with van der Waals surface area (Å²) in [5, 5.41) is 10.9. The van der Waals surface area contributed by atoms with Gasteiger partial charge < -0.3 is 15.0 Å². The van der Waals surface area contributed by atoms with E-state index in [1.54, 1.807) is 18.4 Å². The van der Waals surface area contributed by atoms with Crippen LogP contribution in [-0.4, -0.2) is 46.3 Å². The number of aromatic nitrogens is 3. The first-order chi connectivity index (χ1) is 14.6. The van der Waals surface area contributed by atoms with Crippen molar-refractivity contribution in [2.45, 2.75) is 39.6 Å². The highest BCUT2D eigenvalue weighted by atomic mass is 32.1. The average molecular weight is 427 g/mol. The first kappa shape index (κ1) is 22.0. The molecule has 0 aliphatic rings. The van der Waals surface area contributed by atoms with Gasteiger partial charge in [0.25, 0.3) is 0 Å². The molecule has 8 heteroatoms. The Kier molecular flexibility index (Phi) is 7.98.